The summed E-state index contributed by atoms with van der Waals surface area (Å²) in [7, 11) is -7.95. The highest BCUT2D eigenvalue weighted by atomic mass is 31.2. The monoisotopic (exact) mass is 1110 g/mol. The first kappa shape index (κ1) is 58.3. The zero-order valence-electron chi connectivity index (χ0n) is 43.5. The number of amides is 1. The number of phosphoric ester groups is 2. The van der Waals surface area contributed by atoms with Crippen LogP contribution in [0.15, 0.2) is 76.5 Å². The van der Waals surface area contributed by atoms with Crippen molar-refractivity contribution in [1.82, 2.24) is 14.9 Å². The third kappa shape index (κ3) is 13.7. The maximum atomic E-state index is 13.8. The summed E-state index contributed by atoms with van der Waals surface area (Å²) in [6, 6.07) is 14.3. The van der Waals surface area contributed by atoms with Crippen molar-refractivity contribution in [1.29, 1.82) is 0 Å². The number of rotatable bonds is 21. The number of unbranched alkanes of at least 4 members (excludes halogenated alkanes) is 4. The van der Waals surface area contributed by atoms with E-state index < -0.39 is 92.2 Å². The molecule has 7 rings (SSSR count). The number of nitrogens with zero attached hydrogens (tertiary/aromatic N) is 1. The molecule has 1 aromatic heterocycles. The molecule has 0 aliphatic carbocycles. The molecule has 1 spiro atoms. The Kier molecular flexibility index (Phi) is 17.6. The largest absolute Gasteiger partial charge is 0.756 e. The Morgan fingerprint density at radius 3 is 2.00 bits per heavy atom. The number of nitrogens with one attached hydrogen (secondary N) is 2. The lowest BCUT2D eigenvalue weighted by Gasteiger charge is -2.37. The Balaban J connectivity index is 0.948. The molecular formula is C52H59N3O20P2-2. The number of hydrogen-bond acceptors (Lipinski definition) is 20. The van der Waals surface area contributed by atoms with Gasteiger partial charge in [0.2, 0.25) is 5.91 Å². The van der Waals surface area contributed by atoms with Crippen LogP contribution in [0.4, 0.5) is 0 Å². The van der Waals surface area contributed by atoms with Crippen LogP contribution in [-0.4, -0.2) is 78.7 Å². The van der Waals surface area contributed by atoms with Crippen LogP contribution in [0, 0.1) is 10.8 Å². The second-order valence-electron chi connectivity index (χ2n) is 20.4. The fourth-order valence-corrected chi connectivity index (χ4v) is 9.49. The van der Waals surface area contributed by atoms with Crippen molar-refractivity contribution in [2.24, 2.45) is 10.8 Å². The second-order valence-corrected chi connectivity index (χ2v) is 23.4. The first-order valence-electron chi connectivity index (χ1n) is 24.5. The van der Waals surface area contributed by atoms with E-state index in [0.29, 0.717) is 47.9 Å². The van der Waals surface area contributed by atoms with E-state index in [-0.39, 0.29) is 59.3 Å². The van der Waals surface area contributed by atoms with Gasteiger partial charge < -0.3 is 56.9 Å². The minimum absolute atomic E-state index is 0.142. The molecule has 4 heterocycles. The molecular weight excluding hydrogens is 1050 g/mol. The summed E-state index contributed by atoms with van der Waals surface area (Å²) in [6.45, 7) is 9.84. The molecule has 0 bridgehead atoms. The minimum Gasteiger partial charge on any atom is -0.756 e. The zero-order valence-corrected chi connectivity index (χ0v) is 45.3. The van der Waals surface area contributed by atoms with Gasteiger partial charge >= 0.3 is 23.6 Å². The molecule has 25 heteroatoms. The van der Waals surface area contributed by atoms with Gasteiger partial charge in [0.25, 0.3) is 21.2 Å². The van der Waals surface area contributed by atoms with Crippen molar-refractivity contribution in [3.63, 3.8) is 0 Å². The molecule has 414 valence electrons. The van der Waals surface area contributed by atoms with Crippen LogP contribution in [-0.2, 0) is 56.7 Å². The summed E-state index contributed by atoms with van der Waals surface area (Å²) in [4.78, 5) is 117. The van der Waals surface area contributed by atoms with E-state index in [4.69, 9.17) is 32.7 Å². The van der Waals surface area contributed by atoms with E-state index in [1.165, 1.54) is 12.1 Å². The van der Waals surface area contributed by atoms with E-state index >= 15 is 0 Å². The van der Waals surface area contributed by atoms with Gasteiger partial charge in [-0.15, -0.1) is 0 Å². The SMILES string of the molecule is COP(=O)([O-])OC[C@H]1O[C@@H](n2cc(/C=C/C(=O)NCCCCCCCC(=O)c3ccc4c(c3)C3(OC4=O)c4ccc(OC(=O)C(C)(C)C)cc4Oc4cc(OC(=O)C(C)(C)C)ccc43)c(=O)[nH]c2=O)C[C@H]1OP(=O)([O-])OC. The molecule has 2 unspecified atom stereocenters. The number of hydrogen-bond donors (Lipinski definition) is 2. The Hall–Kier alpha value is -6.39. The van der Waals surface area contributed by atoms with Crippen LogP contribution in [0.3, 0.4) is 0 Å². The molecule has 1 fully saturated rings. The van der Waals surface area contributed by atoms with Crippen LogP contribution in [0.2, 0.25) is 0 Å². The van der Waals surface area contributed by atoms with Crippen LogP contribution in [0.25, 0.3) is 6.08 Å². The molecule has 77 heavy (non-hydrogen) atoms. The number of ether oxygens (including phenoxy) is 5. The number of phosphoric acid groups is 2. The van der Waals surface area contributed by atoms with Gasteiger partial charge in [-0.2, -0.15) is 0 Å². The fraction of sp³-hybridized carbons (Fsp3) is 0.442. The highest BCUT2D eigenvalue weighted by molar-refractivity contribution is 7.46. The number of H-pyrrole nitrogens is 1. The number of aromatic nitrogens is 2. The number of carbonyl (C=O) groups excluding carboxylic acids is 5. The van der Waals surface area contributed by atoms with Gasteiger partial charge in [-0.3, -0.25) is 42.7 Å². The quantitative estimate of drug-likeness (QED) is 0.0231. The van der Waals surface area contributed by atoms with Gasteiger partial charge in [0.1, 0.15) is 35.3 Å². The van der Waals surface area contributed by atoms with E-state index in [1.54, 1.807) is 84.0 Å². The first-order valence-corrected chi connectivity index (χ1v) is 27.4. The van der Waals surface area contributed by atoms with Gasteiger partial charge in [0, 0.05) is 80.3 Å². The summed E-state index contributed by atoms with van der Waals surface area (Å²) in [5.41, 5.74) is -3.37. The van der Waals surface area contributed by atoms with Crippen LogP contribution in [0.1, 0.15) is 136 Å². The highest BCUT2D eigenvalue weighted by Crippen LogP contribution is 2.57. The summed E-state index contributed by atoms with van der Waals surface area (Å²) < 4.78 is 72.9. The molecule has 2 N–H and O–H groups in total. The number of aromatic amines is 1. The molecule has 5 atom stereocenters. The average Bonchev–Trinajstić information content (AvgIpc) is 4.06. The zero-order chi connectivity index (χ0) is 56.3. The number of carbonyl (C=O) groups is 5. The molecule has 3 aromatic carbocycles. The number of esters is 3. The van der Waals surface area contributed by atoms with Crippen LogP contribution < -0.4 is 40.6 Å². The fourth-order valence-electron chi connectivity index (χ4n) is 8.42. The average molecular weight is 1110 g/mol. The number of fused-ring (bicyclic) bond motifs is 6. The third-order valence-electron chi connectivity index (χ3n) is 12.6. The van der Waals surface area contributed by atoms with Crippen LogP contribution >= 0.6 is 15.6 Å². The van der Waals surface area contributed by atoms with Gasteiger partial charge in [0.15, 0.2) is 11.4 Å². The van der Waals surface area contributed by atoms with E-state index in [2.05, 4.69) is 19.3 Å². The molecule has 23 nitrogen and oxygen atoms in total. The maximum absolute atomic E-state index is 13.8. The third-order valence-corrected chi connectivity index (χ3v) is 14.5. The lowest BCUT2D eigenvalue weighted by molar-refractivity contribution is -0.231. The molecule has 4 aromatic rings. The Bertz CT molecular complexity index is 3130. The van der Waals surface area contributed by atoms with E-state index in [0.717, 1.165) is 43.6 Å². The predicted octanol–water partition coefficient (Wildman–Crippen LogP) is 6.28. The van der Waals surface area contributed by atoms with Gasteiger partial charge in [-0.05, 0) is 96.9 Å². The number of ketones is 1. The van der Waals surface area contributed by atoms with E-state index in [1.807, 2.05) is 0 Å². The lowest BCUT2D eigenvalue weighted by atomic mass is 9.77. The van der Waals surface area contributed by atoms with E-state index in [9.17, 15) is 52.5 Å². The van der Waals surface area contributed by atoms with Crippen molar-refractivity contribution in [2.75, 3.05) is 27.4 Å². The summed E-state index contributed by atoms with van der Waals surface area (Å²) in [6.07, 6.45) is 2.46. The summed E-state index contributed by atoms with van der Waals surface area (Å²) in [5.74, 6) is -1.55. The van der Waals surface area contributed by atoms with Gasteiger partial charge in [-0.1, -0.05) is 25.3 Å². The van der Waals surface area contributed by atoms with Crippen molar-refractivity contribution < 1.29 is 84.7 Å². The summed E-state index contributed by atoms with van der Waals surface area (Å²) in [5, 5.41) is 2.72. The minimum atomic E-state index is -4.88. The molecule has 0 radical (unpaired) electrons. The van der Waals surface area contributed by atoms with Crippen molar-refractivity contribution in [3.05, 3.63) is 121 Å². The predicted molar refractivity (Wildman–Crippen MR) is 269 cm³/mol. The topological polar surface area (TPSA) is 316 Å². The van der Waals surface area contributed by atoms with Crippen molar-refractivity contribution >= 4 is 51.3 Å². The van der Waals surface area contributed by atoms with Crippen molar-refractivity contribution in [2.45, 2.75) is 111 Å². The smallest absolute Gasteiger partial charge is 0.340 e. The van der Waals surface area contributed by atoms with Gasteiger partial charge in [-0.25, -0.2) is 9.59 Å². The Labute approximate surface area is 442 Å². The highest BCUT2D eigenvalue weighted by Gasteiger charge is 2.54. The Morgan fingerprint density at radius 1 is 0.805 bits per heavy atom. The normalized spacial score (nSPS) is 19.0. The molecule has 3 aliphatic rings. The van der Waals surface area contributed by atoms with Crippen molar-refractivity contribution in [3.8, 4) is 23.0 Å². The summed E-state index contributed by atoms with van der Waals surface area (Å²) >= 11 is 0. The van der Waals surface area contributed by atoms with Gasteiger partial charge in [0.05, 0.1) is 34.7 Å². The lowest BCUT2D eigenvalue weighted by Crippen LogP contribution is -2.33. The molecule has 1 saturated heterocycles. The number of benzene rings is 3. The number of Topliss-reactive ketones (excluding diaryl/α,β-unsaturated/α-hetero) is 1. The standard InChI is InChI=1S/C52H61N3O20P2/c1-50(2,3)47(60)70-32-17-20-35-39(25-32)72-40-26-33(71-48(61)51(4,5)6)18-21-36(40)52(35)37-24-30(15-19-34(37)46(59)74-52)38(56)14-12-10-9-11-13-23-53-43(57)22-16-31-28-55(49(62)54-45(31)58)44-27-41(75-77(65,66)68-8)42(73-44)29-69-76(63,64)67-7/h15-22,24-26,28,41-42,44H,9-14,23,27,29H2,1-8H3,(H,53,57)(H,63,64)(H,65,66)(H,54,58,62)/p-2/b22-16+/t41-,42-,44-/m1/s1. The second kappa shape index (κ2) is 23.3. The Morgan fingerprint density at radius 2 is 1.40 bits per heavy atom. The molecule has 1 amide bonds. The molecule has 0 saturated carbocycles. The first-order chi connectivity index (χ1) is 36.1. The van der Waals surface area contributed by atoms with Crippen LogP contribution in [0.5, 0.6) is 23.0 Å². The molecule has 3 aliphatic heterocycles. The maximum Gasteiger partial charge on any atom is 0.340 e.